The highest BCUT2D eigenvalue weighted by Crippen LogP contribution is 2.38. The minimum Gasteiger partial charge on any atom is -0.396 e. The Bertz CT molecular complexity index is 1420. The van der Waals surface area contributed by atoms with E-state index in [1.807, 2.05) is 9.47 Å². The summed E-state index contributed by atoms with van der Waals surface area (Å²) in [5.74, 6) is -2.07. The van der Waals surface area contributed by atoms with Gasteiger partial charge in [0.1, 0.15) is 17.0 Å². The van der Waals surface area contributed by atoms with E-state index in [1.54, 1.807) is 6.20 Å². The van der Waals surface area contributed by atoms with E-state index in [1.165, 1.54) is 0 Å². The van der Waals surface area contributed by atoms with E-state index in [-0.39, 0.29) is 36.5 Å². The van der Waals surface area contributed by atoms with Gasteiger partial charge >= 0.3 is 0 Å². The molecule has 2 saturated carbocycles. The van der Waals surface area contributed by atoms with Crippen LogP contribution in [-0.2, 0) is 4.79 Å². The third kappa shape index (κ3) is 6.42. The number of piperazine rings is 1. The fourth-order valence-electron chi connectivity index (χ4n) is 6.71. The Labute approximate surface area is 248 Å². The van der Waals surface area contributed by atoms with Crippen LogP contribution in [0.1, 0.15) is 57.4 Å². The lowest BCUT2D eigenvalue weighted by Gasteiger charge is -2.37. The Morgan fingerprint density at radius 2 is 1.63 bits per heavy atom. The number of benzene rings is 1. The molecule has 0 spiro atoms. The number of rotatable bonds is 7. The van der Waals surface area contributed by atoms with Gasteiger partial charge in [-0.1, -0.05) is 0 Å². The van der Waals surface area contributed by atoms with E-state index in [4.69, 9.17) is 4.98 Å². The highest BCUT2D eigenvalue weighted by Gasteiger charge is 2.33. The second-order valence-electron chi connectivity index (χ2n) is 12.3. The maximum absolute atomic E-state index is 14.7. The van der Waals surface area contributed by atoms with Crippen molar-refractivity contribution < 1.29 is 23.1 Å². The molecular formula is C30H39F3N8O2. The van der Waals surface area contributed by atoms with Crippen LogP contribution >= 0.6 is 0 Å². The number of hydrogen-bond donors (Lipinski definition) is 3. The molecule has 0 atom stereocenters. The lowest BCUT2D eigenvalue weighted by molar-refractivity contribution is -0.138. The summed E-state index contributed by atoms with van der Waals surface area (Å²) in [4.78, 5) is 31.3. The maximum atomic E-state index is 14.7. The molecule has 3 aromatic rings. The Morgan fingerprint density at radius 1 is 0.953 bits per heavy atom. The number of aliphatic hydroxyl groups excluding tert-OH is 1. The lowest BCUT2D eigenvalue weighted by atomic mass is 9.85. The first-order valence-corrected chi connectivity index (χ1v) is 15.3. The zero-order valence-electron chi connectivity index (χ0n) is 24.4. The third-order valence-electron chi connectivity index (χ3n) is 9.34. The molecule has 1 aromatic carbocycles. The van der Waals surface area contributed by atoms with Crippen molar-refractivity contribution in [3.8, 4) is 0 Å². The van der Waals surface area contributed by atoms with Gasteiger partial charge < -0.3 is 25.5 Å². The average molecular weight is 601 g/mol. The molecule has 10 nitrogen and oxygen atoms in total. The van der Waals surface area contributed by atoms with Gasteiger partial charge in [-0.05, 0) is 64.3 Å². The number of carbonyl (C=O) groups excluding carboxylic acids is 1. The van der Waals surface area contributed by atoms with Crippen molar-refractivity contribution in [2.75, 3.05) is 50.5 Å². The zero-order valence-corrected chi connectivity index (χ0v) is 24.4. The van der Waals surface area contributed by atoms with Crippen LogP contribution in [-0.4, -0.2) is 86.2 Å². The second-order valence-corrected chi connectivity index (χ2v) is 12.3. The molecule has 0 bridgehead atoms. The number of nitrogens with zero attached hydrogens (tertiary/aromatic N) is 6. The van der Waals surface area contributed by atoms with Crippen molar-refractivity contribution in [2.24, 2.45) is 11.8 Å². The predicted octanol–water partition coefficient (Wildman–Crippen LogP) is 4.46. The van der Waals surface area contributed by atoms with Gasteiger partial charge in [0.15, 0.2) is 17.3 Å². The van der Waals surface area contributed by atoms with Gasteiger partial charge in [-0.15, -0.1) is 0 Å². The molecule has 1 saturated heterocycles. The average Bonchev–Trinajstić information content (AvgIpc) is 3.36. The predicted molar refractivity (Wildman–Crippen MR) is 156 cm³/mol. The number of hydrogen-bond acceptors (Lipinski definition) is 8. The fourth-order valence-corrected chi connectivity index (χ4v) is 6.71. The molecule has 3 fully saturated rings. The van der Waals surface area contributed by atoms with Crippen LogP contribution in [0.2, 0.25) is 0 Å². The summed E-state index contributed by atoms with van der Waals surface area (Å²) in [5, 5.41) is 15.6. The van der Waals surface area contributed by atoms with Crippen molar-refractivity contribution in [1.82, 2.24) is 29.3 Å². The van der Waals surface area contributed by atoms with Gasteiger partial charge in [-0.2, -0.15) is 4.98 Å². The minimum atomic E-state index is -1.07. The van der Waals surface area contributed by atoms with Crippen LogP contribution in [0.25, 0.3) is 11.2 Å². The molecular weight excluding hydrogens is 561 g/mol. The Hall–Kier alpha value is -3.45. The van der Waals surface area contributed by atoms with E-state index < -0.39 is 23.1 Å². The number of anilines is 3. The number of likely N-dealkylation sites (N-methyl/N-ethyl adjacent to an activating group) is 1. The molecule has 0 radical (unpaired) electrons. The molecule has 2 aromatic heterocycles. The number of imidazole rings is 1. The topological polar surface area (TPSA) is 111 Å². The SMILES string of the molecule is CN1CCN(C(=O)[C@H]2CC[C@@H](n3c(Nc4c(F)cc(F)cc4F)nc4cnc(N[C@H]5CC[C@H](CO)CC5)nc43)CC2)CC1. The first-order valence-electron chi connectivity index (χ1n) is 15.3. The zero-order chi connectivity index (χ0) is 30.1. The quantitative estimate of drug-likeness (QED) is 0.365. The maximum Gasteiger partial charge on any atom is 0.225 e. The molecule has 232 valence electrons. The molecule has 3 aliphatic rings. The van der Waals surface area contributed by atoms with Crippen LogP contribution < -0.4 is 10.6 Å². The standard InChI is InChI=1S/C30H39F3N8O2/c1-39-10-12-40(13-11-39)28(43)19-4-8-22(9-5-19)41-27-25(36-30(41)37-26-23(32)14-20(31)15-24(26)33)16-34-29(38-27)35-21-6-2-18(17-42)3-7-21/h14-16,18-19,21-22,42H,2-13,17H2,1H3,(H,36,37)(H,34,35,38)/t18-,19-,21-,22+. The van der Waals surface area contributed by atoms with Crippen molar-refractivity contribution in [3.63, 3.8) is 0 Å². The van der Waals surface area contributed by atoms with Gasteiger partial charge in [0.05, 0.1) is 6.20 Å². The van der Waals surface area contributed by atoms with Crippen LogP contribution in [0.3, 0.4) is 0 Å². The minimum absolute atomic E-state index is 0.0706. The molecule has 1 aliphatic heterocycles. The summed E-state index contributed by atoms with van der Waals surface area (Å²) in [6.45, 7) is 3.40. The smallest absolute Gasteiger partial charge is 0.225 e. The summed E-state index contributed by atoms with van der Waals surface area (Å²) in [5.41, 5.74) is 0.472. The highest BCUT2D eigenvalue weighted by atomic mass is 19.1. The van der Waals surface area contributed by atoms with Gasteiger partial charge in [0.2, 0.25) is 17.8 Å². The van der Waals surface area contributed by atoms with Crippen molar-refractivity contribution >= 4 is 34.7 Å². The molecule has 6 rings (SSSR count). The highest BCUT2D eigenvalue weighted by molar-refractivity contribution is 5.79. The molecule has 2 aliphatic carbocycles. The number of amides is 1. The molecule has 0 unspecified atom stereocenters. The summed E-state index contributed by atoms with van der Waals surface area (Å²) in [6.07, 6.45) is 7.91. The van der Waals surface area contributed by atoms with Gasteiger partial charge in [0.25, 0.3) is 0 Å². The number of aromatic nitrogens is 4. The Morgan fingerprint density at radius 3 is 2.28 bits per heavy atom. The van der Waals surface area contributed by atoms with Crippen molar-refractivity contribution in [3.05, 3.63) is 35.8 Å². The Kier molecular flexibility index (Phi) is 8.71. The molecule has 1 amide bonds. The van der Waals surface area contributed by atoms with Gasteiger partial charge in [-0.3, -0.25) is 9.36 Å². The van der Waals surface area contributed by atoms with Gasteiger partial charge in [-0.25, -0.2) is 23.1 Å². The largest absolute Gasteiger partial charge is 0.396 e. The Balaban J connectivity index is 1.26. The number of carbonyl (C=O) groups is 1. The van der Waals surface area contributed by atoms with E-state index >= 15 is 0 Å². The molecule has 13 heteroatoms. The summed E-state index contributed by atoms with van der Waals surface area (Å²) in [7, 11) is 2.06. The molecule has 3 heterocycles. The normalized spacial score (nSPS) is 25.2. The third-order valence-corrected chi connectivity index (χ3v) is 9.34. The summed E-state index contributed by atoms with van der Waals surface area (Å²) in [6, 6.07) is 1.30. The van der Waals surface area contributed by atoms with Crippen molar-refractivity contribution in [2.45, 2.75) is 63.5 Å². The first kappa shape index (κ1) is 29.6. The summed E-state index contributed by atoms with van der Waals surface area (Å²) >= 11 is 0. The summed E-state index contributed by atoms with van der Waals surface area (Å²) < 4.78 is 44.8. The van der Waals surface area contributed by atoms with E-state index in [0.29, 0.717) is 60.8 Å². The number of fused-ring (bicyclic) bond motifs is 1. The van der Waals surface area contributed by atoms with E-state index in [9.17, 15) is 23.1 Å². The molecule has 43 heavy (non-hydrogen) atoms. The van der Waals surface area contributed by atoms with Gasteiger partial charge in [0, 0.05) is 62.9 Å². The van der Waals surface area contributed by atoms with E-state index in [2.05, 4.69) is 32.5 Å². The first-order chi connectivity index (χ1) is 20.8. The lowest BCUT2D eigenvalue weighted by Crippen LogP contribution is -2.49. The number of aliphatic hydroxyl groups is 1. The van der Waals surface area contributed by atoms with Crippen molar-refractivity contribution in [1.29, 1.82) is 0 Å². The monoisotopic (exact) mass is 600 g/mol. The fraction of sp³-hybridized carbons (Fsp3) is 0.600. The van der Waals surface area contributed by atoms with E-state index in [0.717, 1.165) is 51.9 Å². The van der Waals surface area contributed by atoms with Crippen LogP contribution in [0.4, 0.5) is 30.8 Å². The van der Waals surface area contributed by atoms with Crippen LogP contribution in [0.5, 0.6) is 0 Å². The van der Waals surface area contributed by atoms with Crippen LogP contribution in [0.15, 0.2) is 18.3 Å². The second kappa shape index (κ2) is 12.7. The number of halogens is 3. The van der Waals surface area contributed by atoms with Crippen LogP contribution in [0, 0.1) is 29.3 Å². The molecule has 3 N–H and O–H groups in total. The number of nitrogens with one attached hydrogen (secondary N) is 2.